The van der Waals surface area contributed by atoms with Crippen molar-refractivity contribution in [1.82, 2.24) is 4.98 Å². The van der Waals surface area contributed by atoms with Crippen molar-refractivity contribution in [2.45, 2.75) is 45.6 Å². The third-order valence-corrected chi connectivity index (χ3v) is 3.66. The summed E-state index contributed by atoms with van der Waals surface area (Å²) >= 11 is 6.04. The summed E-state index contributed by atoms with van der Waals surface area (Å²) in [6.07, 6.45) is 6.31. The summed E-state index contributed by atoms with van der Waals surface area (Å²) in [5.41, 5.74) is 6.60. The van der Waals surface area contributed by atoms with E-state index in [9.17, 15) is 0 Å². The molecule has 2 rings (SSSR count). The van der Waals surface area contributed by atoms with Crippen LogP contribution >= 0.6 is 11.6 Å². The molecule has 3 nitrogen and oxygen atoms in total. The predicted molar refractivity (Wildman–Crippen MR) is 70.3 cm³/mol. The Morgan fingerprint density at radius 1 is 1.41 bits per heavy atom. The van der Waals surface area contributed by atoms with Gasteiger partial charge in [-0.1, -0.05) is 25.4 Å². The van der Waals surface area contributed by atoms with Crippen LogP contribution in [0.4, 0.5) is 5.69 Å². The van der Waals surface area contributed by atoms with E-state index >= 15 is 0 Å². The van der Waals surface area contributed by atoms with E-state index in [0.717, 1.165) is 12.8 Å². The minimum atomic E-state index is 0.233. The average Bonchev–Trinajstić information content (AvgIpc) is 2.25. The molecule has 1 saturated carbocycles. The van der Waals surface area contributed by atoms with Crippen LogP contribution in [-0.2, 0) is 0 Å². The zero-order valence-corrected chi connectivity index (χ0v) is 11.1. The first-order chi connectivity index (χ1) is 7.96. The molecule has 94 valence electrons. The van der Waals surface area contributed by atoms with Crippen molar-refractivity contribution in [1.29, 1.82) is 0 Å². The minimum absolute atomic E-state index is 0.233. The highest BCUT2D eigenvalue weighted by atomic mass is 35.5. The standard InChI is InChI=1S/C13H19ClN2O/c1-13(2)5-3-10(4-6-13)17-12-11(14)7-9(15)8-16-12/h7-8,10H,3-6,15H2,1-2H3. The topological polar surface area (TPSA) is 48.1 Å². The Morgan fingerprint density at radius 3 is 2.65 bits per heavy atom. The summed E-state index contributed by atoms with van der Waals surface area (Å²) in [5.74, 6) is 0.505. The van der Waals surface area contributed by atoms with Gasteiger partial charge < -0.3 is 10.5 Å². The number of anilines is 1. The van der Waals surface area contributed by atoms with Crippen molar-refractivity contribution in [2.24, 2.45) is 5.41 Å². The van der Waals surface area contributed by atoms with E-state index < -0.39 is 0 Å². The van der Waals surface area contributed by atoms with Crippen LogP contribution in [0.25, 0.3) is 0 Å². The quantitative estimate of drug-likeness (QED) is 0.876. The SMILES string of the molecule is CC1(C)CCC(Oc2ncc(N)cc2Cl)CC1. The zero-order valence-electron chi connectivity index (χ0n) is 10.4. The molecule has 0 unspecified atom stereocenters. The maximum atomic E-state index is 6.04. The molecule has 0 atom stereocenters. The normalized spacial score (nSPS) is 20.2. The van der Waals surface area contributed by atoms with Gasteiger partial charge in [-0.3, -0.25) is 0 Å². The van der Waals surface area contributed by atoms with Gasteiger partial charge in [0.25, 0.3) is 0 Å². The highest BCUT2D eigenvalue weighted by Crippen LogP contribution is 2.37. The lowest BCUT2D eigenvalue weighted by molar-refractivity contribution is 0.0950. The van der Waals surface area contributed by atoms with E-state index in [-0.39, 0.29) is 6.10 Å². The first-order valence-corrected chi connectivity index (χ1v) is 6.42. The Bertz CT molecular complexity index is 396. The summed E-state index contributed by atoms with van der Waals surface area (Å²) in [7, 11) is 0. The molecule has 0 aromatic carbocycles. The smallest absolute Gasteiger partial charge is 0.232 e. The second kappa shape index (κ2) is 4.73. The molecule has 17 heavy (non-hydrogen) atoms. The Morgan fingerprint density at radius 2 is 2.06 bits per heavy atom. The van der Waals surface area contributed by atoms with Gasteiger partial charge in [0.1, 0.15) is 11.1 Å². The first kappa shape index (κ1) is 12.5. The lowest BCUT2D eigenvalue weighted by Crippen LogP contribution is -2.28. The Labute approximate surface area is 107 Å². The molecular formula is C13H19ClN2O. The summed E-state index contributed by atoms with van der Waals surface area (Å²) in [5, 5.41) is 0.495. The number of nitrogen functional groups attached to an aromatic ring is 1. The Hall–Kier alpha value is -0.960. The molecule has 1 heterocycles. The number of nitrogens with two attached hydrogens (primary N) is 1. The number of ether oxygens (including phenoxy) is 1. The predicted octanol–water partition coefficient (Wildman–Crippen LogP) is 3.66. The molecule has 0 aliphatic heterocycles. The lowest BCUT2D eigenvalue weighted by Gasteiger charge is -2.34. The fourth-order valence-corrected chi connectivity index (χ4v) is 2.39. The third kappa shape index (κ3) is 3.25. The molecule has 1 aliphatic rings. The first-order valence-electron chi connectivity index (χ1n) is 6.04. The molecule has 1 fully saturated rings. The number of aromatic nitrogens is 1. The van der Waals surface area contributed by atoms with E-state index in [1.54, 1.807) is 12.3 Å². The maximum absolute atomic E-state index is 6.04. The van der Waals surface area contributed by atoms with Crippen LogP contribution in [0.1, 0.15) is 39.5 Å². The largest absolute Gasteiger partial charge is 0.473 e. The second-order valence-electron chi connectivity index (χ2n) is 5.54. The van der Waals surface area contributed by atoms with E-state index in [2.05, 4.69) is 18.8 Å². The minimum Gasteiger partial charge on any atom is -0.473 e. The van der Waals surface area contributed by atoms with E-state index in [1.807, 2.05) is 0 Å². The number of hydrogen-bond donors (Lipinski definition) is 1. The van der Waals surface area contributed by atoms with Crippen LogP contribution in [0.15, 0.2) is 12.3 Å². The molecule has 1 aromatic rings. The van der Waals surface area contributed by atoms with Crippen molar-refractivity contribution in [3.8, 4) is 5.88 Å². The molecule has 0 saturated heterocycles. The Balaban J connectivity index is 1.98. The summed E-state index contributed by atoms with van der Waals surface area (Å²) in [6, 6.07) is 1.68. The van der Waals surface area contributed by atoms with Crippen molar-refractivity contribution in [3.63, 3.8) is 0 Å². The third-order valence-electron chi connectivity index (χ3n) is 3.39. The maximum Gasteiger partial charge on any atom is 0.232 e. The van der Waals surface area contributed by atoms with Gasteiger partial charge in [0.2, 0.25) is 5.88 Å². The van der Waals surface area contributed by atoms with Crippen molar-refractivity contribution in [3.05, 3.63) is 17.3 Å². The van der Waals surface area contributed by atoms with Crippen molar-refractivity contribution in [2.75, 3.05) is 5.73 Å². The highest BCUT2D eigenvalue weighted by molar-refractivity contribution is 6.32. The molecule has 4 heteroatoms. The molecule has 2 N–H and O–H groups in total. The monoisotopic (exact) mass is 254 g/mol. The van der Waals surface area contributed by atoms with E-state index in [4.69, 9.17) is 22.1 Å². The van der Waals surface area contributed by atoms with Crippen LogP contribution in [0.3, 0.4) is 0 Å². The highest BCUT2D eigenvalue weighted by Gasteiger charge is 2.28. The molecule has 0 radical (unpaired) electrons. The average molecular weight is 255 g/mol. The molecule has 0 amide bonds. The Kier molecular flexibility index (Phi) is 3.48. The molecular weight excluding hydrogens is 236 g/mol. The molecule has 0 bridgehead atoms. The van der Waals surface area contributed by atoms with Crippen molar-refractivity contribution >= 4 is 17.3 Å². The van der Waals surface area contributed by atoms with Gasteiger partial charge >= 0.3 is 0 Å². The fraction of sp³-hybridized carbons (Fsp3) is 0.615. The zero-order chi connectivity index (χ0) is 12.5. The van der Waals surface area contributed by atoms with Crippen LogP contribution < -0.4 is 10.5 Å². The second-order valence-corrected chi connectivity index (χ2v) is 5.94. The summed E-state index contributed by atoms with van der Waals surface area (Å²) in [4.78, 5) is 4.13. The number of nitrogens with zero attached hydrogens (tertiary/aromatic N) is 1. The van der Waals surface area contributed by atoms with Gasteiger partial charge in [-0.2, -0.15) is 0 Å². The number of hydrogen-bond acceptors (Lipinski definition) is 3. The van der Waals surface area contributed by atoms with Crippen LogP contribution in [-0.4, -0.2) is 11.1 Å². The molecule has 1 aromatic heterocycles. The molecule has 0 spiro atoms. The van der Waals surface area contributed by atoms with E-state index in [1.165, 1.54) is 12.8 Å². The number of rotatable bonds is 2. The van der Waals surface area contributed by atoms with Crippen LogP contribution in [0.2, 0.25) is 5.02 Å². The van der Waals surface area contributed by atoms with Crippen molar-refractivity contribution < 1.29 is 4.74 Å². The lowest BCUT2D eigenvalue weighted by atomic mass is 9.76. The summed E-state index contributed by atoms with van der Waals surface area (Å²) in [6.45, 7) is 4.61. The van der Waals surface area contributed by atoms with Gasteiger partial charge in [0.15, 0.2) is 0 Å². The van der Waals surface area contributed by atoms with Crippen LogP contribution in [0, 0.1) is 5.41 Å². The summed E-state index contributed by atoms with van der Waals surface area (Å²) < 4.78 is 5.84. The number of halogens is 1. The van der Waals surface area contributed by atoms with E-state index in [0.29, 0.717) is 22.0 Å². The van der Waals surface area contributed by atoms with Gasteiger partial charge in [-0.15, -0.1) is 0 Å². The van der Waals surface area contributed by atoms with Gasteiger partial charge in [0.05, 0.1) is 11.9 Å². The molecule has 1 aliphatic carbocycles. The fourth-order valence-electron chi connectivity index (χ4n) is 2.18. The van der Waals surface area contributed by atoms with Gasteiger partial charge in [-0.05, 0) is 37.2 Å². The van der Waals surface area contributed by atoms with Gasteiger partial charge in [0, 0.05) is 0 Å². The van der Waals surface area contributed by atoms with Crippen LogP contribution in [0.5, 0.6) is 5.88 Å². The number of pyridine rings is 1. The van der Waals surface area contributed by atoms with Gasteiger partial charge in [-0.25, -0.2) is 4.98 Å².